The van der Waals surface area contributed by atoms with E-state index in [2.05, 4.69) is 25.8 Å². The van der Waals surface area contributed by atoms with Crippen LogP contribution in [-0.2, 0) is 6.54 Å². The van der Waals surface area contributed by atoms with Gasteiger partial charge in [-0.1, -0.05) is 18.6 Å². The SMILES string of the molecule is CN=C(NCc1ccc(C(=O)NC)cc1)NCC(c1ccco1)N1CCCCC1. The molecule has 0 aliphatic carbocycles. The Balaban J connectivity index is 1.55. The van der Waals surface area contributed by atoms with Gasteiger partial charge in [0.25, 0.3) is 5.91 Å². The van der Waals surface area contributed by atoms with E-state index in [4.69, 9.17) is 4.42 Å². The molecular weight excluding hydrogens is 366 g/mol. The molecule has 3 N–H and O–H groups in total. The van der Waals surface area contributed by atoms with Crippen LogP contribution in [0.3, 0.4) is 0 Å². The third-order valence-electron chi connectivity index (χ3n) is 5.29. The summed E-state index contributed by atoms with van der Waals surface area (Å²) in [7, 11) is 3.40. The molecule has 0 saturated carbocycles. The lowest BCUT2D eigenvalue weighted by molar-refractivity contribution is 0.0963. The van der Waals surface area contributed by atoms with Crippen molar-refractivity contribution in [1.82, 2.24) is 20.9 Å². The van der Waals surface area contributed by atoms with E-state index in [0.29, 0.717) is 12.1 Å². The molecular formula is C22H31N5O2. The van der Waals surface area contributed by atoms with Crippen LogP contribution in [-0.4, -0.2) is 50.5 Å². The summed E-state index contributed by atoms with van der Waals surface area (Å²) in [5.41, 5.74) is 1.74. The third-order valence-corrected chi connectivity index (χ3v) is 5.29. The van der Waals surface area contributed by atoms with Crippen molar-refractivity contribution in [1.29, 1.82) is 0 Å². The molecule has 0 radical (unpaired) electrons. The molecule has 1 aliphatic rings. The number of amides is 1. The molecule has 1 fully saturated rings. The molecule has 1 saturated heterocycles. The van der Waals surface area contributed by atoms with E-state index in [1.54, 1.807) is 20.4 Å². The molecule has 2 aromatic rings. The van der Waals surface area contributed by atoms with Gasteiger partial charge in [0.05, 0.1) is 12.3 Å². The van der Waals surface area contributed by atoms with Crippen molar-refractivity contribution < 1.29 is 9.21 Å². The second-order valence-corrected chi connectivity index (χ2v) is 7.21. The number of nitrogens with one attached hydrogen (secondary N) is 3. The first-order valence-electron chi connectivity index (χ1n) is 10.2. The molecule has 1 aromatic carbocycles. The predicted molar refractivity (Wildman–Crippen MR) is 115 cm³/mol. The van der Waals surface area contributed by atoms with Crippen molar-refractivity contribution >= 4 is 11.9 Å². The topological polar surface area (TPSA) is 81.9 Å². The number of likely N-dealkylation sites (tertiary alicyclic amines) is 1. The Morgan fingerprint density at radius 2 is 1.90 bits per heavy atom. The van der Waals surface area contributed by atoms with E-state index in [9.17, 15) is 4.79 Å². The van der Waals surface area contributed by atoms with Crippen molar-refractivity contribution in [2.24, 2.45) is 4.99 Å². The number of furan rings is 1. The fourth-order valence-corrected chi connectivity index (χ4v) is 3.64. The Morgan fingerprint density at radius 3 is 2.52 bits per heavy atom. The van der Waals surface area contributed by atoms with Crippen molar-refractivity contribution in [2.75, 3.05) is 33.7 Å². The Bertz CT molecular complexity index is 780. The number of nitrogens with zero attached hydrogens (tertiary/aromatic N) is 2. The van der Waals surface area contributed by atoms with Crippen LogP contribution in [0, 0.1) is 0 Å². The first kappa shape index (κ1) is 20.9. The highest BCUT2D eigenvalue weighted by Crippen LogP contribution is 2.24. The number of benzene rings is 1. The number of carbonyl (C=O) groups is 1. The van der Waals surface area contributed by atoms with Gasteiger partial charge in [0, 0.05) is 32.7 Å². The van der Waals surface area contributed by atoms with Gasteiger partial charge in [-0.25, -0.2) is 0 Å². The summed E-state index contributed by atoms with van der Waals surface area (Å²) in [6.45, 7) is 3.54. The van der Waals surface area contributed by atoms with Crippen LogP contribution in [0.5, 0.6) is 0 Å². The van der Waals surface area contributed by atoms with Crippen LogP contribution < -0.4 is 16.0 Å². The van der Waals surface area contributed by atoms with Gasteiger partial charge < -0.3 is 20.4 Å². The lowest BCUT2D eigenvalue weighted by Gasteiger charge is -2.33. The van der Waals surface area contributed by atoms with Crippen LogP contribution >= 0.6 is 0 Å². The zero-order valence-corrected chi connectivity index (χ0v) is 17.3. The van der Waals surface area contributed by atoms with E-state index in [0.717, 1.165) is 36.9 Å². The van der Waals surface area contributed by atoms with Crippen LogP contribution in [0.25, 0.3) is 0 Å². The maximum Gasteiger partial charge on any atom is 0.251 e. The number of aliphatic imine (C=N–C) groups is 1. The van der Waals surface area contributed by atoms with E-state index in [1.165, 1.54) is 19.3 Å². The average molecular weight is 398 g/mol. The second kappa shape index (κ2) is 10.7. The van der Waals surface area contributed by atoms with Crippen LogP contribution in [0.2, 0.25) is 0 Å². The van der Waals surface area contributed by atoms with Crippen molar-refractivity contribution in [2.45, 2.75) is 31.8 Å². The zero-order valence-electron chi connectivity index (χ0n) is 17.3. The largest absolute Gasteiger partial charge is 0.468 e. The number of carbonyl (C=O) groups excluding carboxylic acids is 1. The van der Waals surface area contributed by atoms with Crippen molar-refractivity contribution in [3.63, 3.8) is 0 Å². The molecule has 2 heterocycles. The minimum Gasteiger partial charge on any atom is -0.468 e. The van der Waals surface area contributed by atoms with Gasteiger partial charge in [-0.2, -0.15) is 0 Å². The first-order valence-corrected chi connectivity index (χ1v) is 10.2. The molecule has 29 heavy (non-hydrogen) atoms. The monoisotopic (exact) mass is 397 g/mol. The summed E-state index contributed by atoms with van der Waals surface area (Å²) in [6.07, 6.45) is 5.50. The maximum atomic E-state index is 11.6. The van der Waals surface area contributed by atoms with Gasteiger partial charge in [-0.05, 0) is 55.8 Å². The summed E-state index contributed by atoms with van der Waals surface area (Å²) in [6, 6.07) is 11.7. The fraction of sp³-hybridized carbons (Fsp3) is 0.455. The standard InChI is InChI=1S/C22H31N5O2/c1-23-21(28)18-10-8-17(9-11-18)15-25-22(24-2)26-16-19(20-7-6-14-29-20)27-12-4-3-5-13-27/h6-11,14,19H,3-5,12-13,15-16H2,1-2H3,(H,23,28)(H2,24,25,26). The molecule has 7 heteroatoms. The van der Waals surface area contributed by atoms with E-state index >= 15 is 0 Å². The average Bonchev–Trinajstić information content (AvgIpc) is 3.31. The van der Waals surface area contributed by atoms with Crippen molar-refractivity contribution in [3.8, 4) is 0 Å². The molecule has 7 nitrogen and oxygen atoms in total. The Labute approximate surface area is 172 Å². The number of hydrogen-bond acceptors (Lipinski definition) is 4. The maximum absolute atomic E-state index is 11.6. The summed E-state index contributed by atoms with van der Waals surface area (Å²) in [5, 5.41) is 9.41. The van der Waals surface area contributed by atoms with Crippen molar-refractivity contribution in [3.05, 3.63) is 59.5 Å². The summed E-state index contributed by atoms with van der Waals surface area (Å²) < 4.78 is 5.71. The van der Waals surface area contributed by atoms with Gasteiger partial charge in [-0.15, -0.1) is 0 Å². The highest BCUT2D eigenvalue weighted by atomic mass is 16.3. The van der Waals surface area contributed by atoms with Crippen LogP contribution in [0.15, 0.2) is 52.1 Å². The minimum absolute atomic E-state index is 0.0799. The van der Waals surface area contributed by atoms with Crippen LogP contribution in [0.1, 0.15) is 47.0 Å². The van der Waals surface area contributed by atoms with Gasteiger partial charge in [0.2, 0.25) is 0 Å². The molecule has 1 aromatic heterocycles. The molecule has 0 spiro atoms. The quantitative estimate of drug-likeness (QED) is 0.494. The normalized spacial score (nSPS) is 16.3. The molecule has 1 unspecified atom stereocenters. The van der Waals surface area contributed by atoms with Gasteiger partial charge >= 0.3 is 0 Å². The molecule has 1 aliphatic heterocycles. The van der Waals surface area contributed by atoms with E-state index in [-0.39, 0.29) is 11.9 Å². The number of hydrogen-bond donors (Lipinski definition) is 3. The molecule has 156 valence electrons. The van der Waals surface area contributed by atoms with Gasteiger partial charge in [0.15, 0.2) is 5.96 Å². The third kappa shape index (κ3) is 5.84. The minimum atomic E-state index is -0.0799. The Kier molecular flexibility index (Phi) is 7.69. The smallest absolute Gasteiger partial charge is 0.251 e. The molecule has 3 rings (SSSR count). The van der Waals surface area contributed by atoms with Gasteiger partial charge in [-0.3, -0.25) is 14.7 Å². The highest BCUT2D eigenvalue weighted by molar-refractivity contribution is 5.93. The summed E-state index contributed by atoms with van der Waals surface area (Å²) in [4.78, 5) is 18.5. The number of rotatable bonds is 7. The second-order valence-electron chi connectivity index (χ2n) is 7.21. The Morgan fingerprint density at radius 1 is 1.14 bits per heavy atom. The summed E-state index contributed by atoms with van der Waals surface area (Å²) in [5.74, 6) is 1.65. The fourth-order valence-electron chi connectivity index (χ4n) is 3.64. The lowest BCUT2D eigenvalue weighted by Crippen LogP contribution is -2.44. The lowest BCUT2D eigenvalue weighted by atomic mass is 10.1. The zero-order chi connectivity index (χ0) is 20.5. The summed E-state index contributed by atoms with van der Waals surface area (Å²) >= 11 is 0. The van der Waals surface area contributed by atoms with Gasteiger partial charge in [0.1, 0.15) is 5.76 Å². The molecule has 0 bridgehead atoms. The highest BCUT2D eigenvalue weighted by Gasteiger charge is 2.24. The number of piperidine rings is 1. The molecule has 1 atom stereocenters. The molecule has 1 amide bonds. The first-order chi connectivity index (χ1) is 14.2. The Hall–Kier alpha value is -2.80. The van der Waals surface area contributed by atoms with E-state index < -0.39 is 0 Å². The van der Waals surface area contributed by atoms with Crippen LogP contribution in [0.4, 0.5) is 0 Å². The predicted octanol–water partition coefficient (Wildman–Crippen LogP) is 2.53. The van der Waals surface area contributed by atoms with E-state index in [1.807, 2.05) is 36.4 Å². The number of guanidine groups is 1.